The van der Waals surface area contributed by atoms with Gasteiger partial charge in [0.1, 0.15) is 0 Å². The largest absolute Gasteiger partial charge is 0.481 e. The lowest BCUT2D eigenvalue weighted by molar-refractivity contribution is -0.137. The minimum atomic E-state index is -0.740. The SMILES string of the molecule is O=C(O)CCCN(Cc1csc(Br)c1)c1ccccc1. The number of carbonyl (C=O) groups is 1. The van der Waals surface area contributed by atoms with Gasteiger partial charge in [-0.15, -0.1) is 11.3 Å². The van der Waals surface area contributed by atoms with Crippen molar-refractivity contribution in [1.29, 1.82) is 0 Å². The van der Waals surface area contributed by atoms with Crippen LogP contribution in [0.25, 0.3) is 0 Å². The Bertz CT molecular complexity index is 556. The first-order chi connectivity index (χ1) is 9.65. The molecule has 0 spiro atoms. The lowest BCUT2D eigenvalue weighted by atomic mass is 10.2. The lowest BCUT2D eigenvalue weighted by Crippen LogP contribution is -2.24. The van der Waals surface area contributed by atoms with E-state index in [9.17, 15) is 4.79 Å². The normalized spacial score (nSPS) is 10.4. The molecule has 1 N–H and O–H groups in total. The van der Waals surface area contributed by atoms with E-state index in [4.69, 9.17) is 5.11 Å². The van der Waals surface area contributed by atoms with E-state index in [2.05, 4.69) is 44.4 Å². The zero-order valence-corrected chi connectivity index (χ0v) is 13.4. The summed E-state index contributed by atoms with van der Waals surface area (Å²) in [5.74, 6) is -0.740. The number of hydrogen-bond acceptors (Lipinski definition) is 3. The first-order valence-electron chi connectivity index (χ1n) is 6.40. The molecule has 0 amide bonds. The van der Waals surface area contributed by atoms with Gasteiger partial charge < -0.3 is 10.0 Å². The first-order valence-corrected chi connectivity index (χ1v) is 8.07. The maximum atomic E-state index is 10.7. The summed E-state index contributed by atoms with van der Waals surface area (Å²) in [5.41, 5.74) is 2.36. The van der Waals surface area contributed by atoms with Crippen LogP contribution in [-0.4, -0.2) is 17.6 Å². The predicted octanol–water partition coefficient (Wildman–Crippen LogP) is 4.38. The first kappa shape index (κ1) is 15.1. The topological polar surface area (TPSA) is 40.5 Å². The molecule has 5 heteroatoms. The van der Waals surface area contributed by atoms with Crippen LogP contribution in [0, 0.1) is 0 Å². The zero-order valence-electron chi connectivity index (χ0n) is 11.0. The van der Waals surface area contributed by atoms with E-state index in [1.54, 1.807) is 11.3 Å². The van der Waals surface area contributed by atoms with Gasteiger partial charge in [0.15, 0.2) is 0 Å². The van der Waals surface area contributed by atoms with Gasteiger partial charge >= 0.3 is 5.97 Å². The Morgan fingerprint density at radius 2 is 2.05 bits per heavy atom. The van der Waals surface area contributed by atoms with E-state index in [0.717, 1.165) is 22.6 Å². The molecule has 0 atom stereocenters. The van der Waals surface area contributed by atoms with Gasteiger partial charge in [0, 0.05) is 25.2 Å². The molecule has 3 nitrogen and oxygen atoms in total. The maximum Gasteiger partial charge on any atom is 0.303 e. The van der Waals surface area contributed by atoms with E-state index < -0.39 is 5.97 Å². The maximum absolute atomic E-state index is 10.7. The third-order valence-corrected chi connectivity index (χ3v) is 4.49. The molecule has 0 saturated carbocycles. The van der Waals surface area contributed by atoms with Crippen molar-refractivity contribution < 1.29 is 9.90 Å². The fourth-order valence-corrected chi connectivity index (χ4v) is 3.21. The Morgan fingerprint density at radius 1 is 1.30 bits per heavy atom. The molecule has 106 valence electrons. The second-order valence-electron chi connectivity index (χ2n) is 4.51. The Morgan fingerprint density at radius 3 is 2.65 bits per heavy atom. The number of para-hydroxylation sites is 1. The number of rotatable bonds is 7. The number of thiophene rings is 1. The van der Waals surface area contributed by atoms with Crippen LogP contribution in [0.4, 0.5) is 5.69 Å². The highest BCUT2D eigenvalue weighted by molar-refractivity contribution is 9.11. The van der Waals surface area contributed by atoms with E-state index >= 15 is 0 Å². The van der Waals surface area contributed by atoms with Crippen molar-refractivity contribution in [3.05, 3.63) is 51.1 Å². The molecule has 2 aromatic rings. The Kier molecular flexibility index (Phi) is 5.61. The molecule has 0 aliphatic carbocycles. The number of hydrogen-bond donors (Lipinski definition) is 1. The third kappa shape index (κ3) is 4.65. The third-order valence-electron chi connectivity index (χ3n) is 2.94. The van der Waals surface area contributed by atoms with Gasteiger partial charge in [-0.2, -0.15) is 0 Å². The molecule has 0 fully saturated rings. The molecular weight excluding hydrogens is 338 g/mol. The monoisotopic (exact) mass is 353 g/mol. The summed E-state index contributed by atoms with van der Waals surface area (Å²) >= 11 is 5.14. The smallest absolute Gasteiger partial charge is 0.303 e. The molecule has 0 saturated heterocycles. The van der Waals surface area contributed by atoms with E-state index in [1.165, 1.54) is 5.56 Å². The lowest BCUT2D eigenvalue weighted by Gasteiger charge is -2.24. The summed E-state index contributed by atoms with van der Waals surface area (Å²) in [6.07, 6.45) is 0.853. The van der Waals surface area contributed by atoms with Crippen LogP contribution >= 0.6 is 27.3 Å². The molecule has 1 aromatic heterocycles. The van der Waals surface area contributed by atoms with Gasteiger partial charge in [-0.3, -0.25) is 4.79 Å². The Labute approximate surface area is 131 Å². The summed E-state index contributed by atoms with van der Waals surface area (Å²) in [4.78, 5) is 12.9. The van der Waals surface area contributed by atoms with E-state index in [1.807, 2.05) is 18.2 Å². The molecule has 20 heavy (non-hydrogen) atoms. The molecule has 0 aliphatic rings. The van der Waals surface area contributed by atoms with E-state index in [-0.39, 0.29) is 6.42 Å². The highest BCUT2D eigenvalue weighted by Crippen LogP contribution is 2.24. The molecular formula is C15H16BrNO2S. The van der Waals surface area contributed by atoms with Gasteiger partial charge in [-0.1, -0.05) is 18.2 Å². The molecule has 1 aromatic carbocycles. The summed E-state index contributed by atoms with van der Waals surface area (Å²) in [7, 11) is 0. The average Bonchev–Trinajstić information content (AvgIpc) is 2.84. The summed E-state index contributed by atoms with van der Waals surface area (Å²) in [6, 6.07) is 12.2. The number of aliphatic carboxylic acids is 1. The number of benzene rings is 1. The van der Waals surface area contributed by atoms with Crippen LogP contribution in [0.2, 0.25) is 0 Å². The van der Waals surface area contributed by atoms with Gasteiger partial charge in [-0.25, -0.2) is 0 Å². The number of carboxylic acid groups (broad SMARTS) is 1. The second-order valence-corrected chi connectivity index (χ2v) is 6.80. The second kappa shape index (κ2) is 7.45. The van der Waals surface area contributed by atoms with Gasteiger partial charge in [0.2, 0.25) is 0 Å². The van der Waals surface area contributed by atoms with Crippen molar-refractivity contribution in [2.75, 3.05) is 11.4 Å². The number of carboxylic acids is 1. The summed E-state index contributed by atoms with van der Waals surface area (Å²) in [5, 5.41) is 10.9. The fourth-order valence-electron chi connectivity index (χ4n) is 2.01. The minimum Gasteiger partial charge on any atom is -0.481 e. The van der Waals surface area contributed by atoms with Crippen molar-refractivity contribution in [2.45, 2.75) is 19.4 Å². The molecule has 2 rings (SSSR count). The van der Waals surface area contributed by atoms with Crippen LogP contribution in [0.5, 0.6) is 0 Å². The van der Waals surface area contributed by atoms with Gasteiger partial charge in [0.05, 0.1) is 3.79 Å². The number of nitrogens with zero attached hydrogens (tertiary/aromatic N) is 1. The summed E-state index contributed by atoms with van der Waals surface area (Å²) < 4.78 is 1.12. The van der Waals surface area contributed by atoms with Crippen LogP contribution < -0.4 is 4.90 Å². The number of anilines is 1. The highest BCUT2D eigenvalue weighted by Gasteiger charge is 2.09. The average molecular weight is 354 g/mol. The van der Waals surface area contributed by atoms with Crippen LogP contribution in [-0.2, 0) is 11.3 Å². The van der Waals surface area contributed by atoms with Crippen molar-refractivity contribution in [3.8, 4) is 0 Å². The minimum absolute atomic E-state index is 0.205. The zero-order chi connectivity index (χ0) is 14.4. The summed E-state index contributed by atoms with van der Waals surface area (Å²) in [6.45, 7) is 1.54. The Balaban J connectivity index is 2.05. The van der Waals surface area contributed by atoms with Crippen LogP contribution in [0.3, 0.4) is 0 Å². The van der Waals surface area contributed by atoms with Crippen molar-refractivity contribution in [1.82, 2.24) is 0 Å². The van der Waals surface area contributed by atoms with Crippen molar-refractivity contribution in [3.63, 3.8) is 0 Å². The van der Waals surface area contributed by atoms with Gasteiger partial charge in [-0.05, 0) is 51.5 Å². The van der Waals surface area contributed by atoms with Crippen molar-refractivity contribution in [2.24, 2.45) is 0 Å². The van der Waals surface area contributed by atoms with Crippen LogP contribution in [0.1, 0.15) is 18.4 Å². The standard InChI is InChI=1S/C15H16BrNO2S/c16-14-9-12(11-20-14)10-17(8-4-7-15(18)19)13-5-2-1-3-6-13/h1-3,5-6,9,11H,4,7-8,10H2,(H,18,19). The van der Waals surface area contributed by atoms with E-state index in [0.29, 0.717) is 6.42 Å². The molecule has 0 unspecified atom stereocenters. The van der Waals surface area contributed by atoms with Gasteiger partial charge in [0.25, 0.3) is 0 Å². The van der Waals surface area contributed by atoms with Crippen LogP contribution in [0.15, 0.2) is 45.6 Å². The highest BCUT2D eigenvalue weighted by atomic mass is 79.9. The molecule has 1 heterocycles. The molecule has 0 bridgehead atoms. The predicted molar refractivity (Wildman–Crippen MR) is 86.4 cm³/mol. The molecule has 0 aliphatic heterocycles. The molecule has 0 radical (unpaired) electrons. The number of halogens is 1. The quantitative estimate of drug-likeness (QED) is 0.802. The van der Waals surface area contributed by atoms with Crippen molar-refractivity contribution >= 4 is 38.9 Å². The fraction of sp³-hybridized carbons (Fsp3) is 0.267. The Hall–Kier alpha value is -1.33.